The first-order valence-corrected chi connectivity index (χ1v) is 9.89. The quantitative estimate of drug-likeness (QED) is 0.673. The zero-order valence-corrected chi connectivity index (χ0v) is 16.8. The van der Waals surface area contributed by atoms with E-state index in [4.69, 9.17) is 9.72 Å². The van der Waals surface area contributed by atoms with E-state index in [-0.39, 0.29) is 5.91 Å². The van der Waals surface area contributed by atoms with E-state index in [2.05, 4.69) is 23.2 Å². The molecule has 1 aromatic heterocycles. The Morgan fingerprint density at radius 2 is 1.86 bits per heavy atom. The van der Waals surface area contributed by atoms with Crippen molar-refractivity contribution >= 4 is 34.4 Å². The molecule has 4 rings (SSSR count). The van der Waals surface area contributed by atoms with Crippen molar-refractivity contribution in [3.63, 3.8) is 0 Å². The molecule has 0 bridgehead atoms. The Bertz CT molecular complexity index is 1050. The van der Waals surface area contributed by atoms with Crippen LogP contribution in [0.4, 0.5) is 11.5 Å². The fourth-order valence-corrected chi connectivity index (χ4v) is 3.50. The van der Waals surface area contributed by atoms with Gasteiger partial charge in [-0.1, -0.05) is 30.3 Å². The highest BCUT2D eigenvalue weighted by atomic mass is 16.5. The number of carbonyl (C=O) groups is 1. The molecule has 2 aromatic carbocycles. The normalized spacial score (nSPS) is 14.8. The Labute approximate surface area is 171 Å². The number of morpholine rings is 1. The van der Waals surface area contributed by atoms with E-state index in [1.165, 1.54) is 0 Å². The standard InChI is InChI=1S/C24H25N3O2/c1-17-15-23(27-10-12-29-13-11-27)26-22-9-8-20(16-21(17)22)25-24(28)18(2)14-19-6-4-3-5-7-19/h3-9,14-16H,10-13H2,1-2H3,(H,25,28). The van der Waals surface area contributed by atoms with E-state index in [1.54, 1.807) is 0 Å². The third-order valence-corrected chi connectivity index (χ3v) is 5.14. The summed E-state index contributed by atoms with van der Waals surface area (Å²) in [6.45, 7) is 7.10. The minimum absolute atomic E-state index is 0.108. The zero-order valence-electron chi connectivity index (χ0n) is 16.8. The molecule has 1 amide bonds. The van der Waals surface area contributed by atoms with Gasteiger partial charge in [-0.25, -0.2) is 4.98 Å². The highest BCUT2D eigenvalue weighted by Gasteiger charge is 2.14. The van der Waals surface area contributed by atoms with Crippen LogP contribution in [0.15, 0.2) is 60.2 Å². The molecule has 0 unspecified atom stereocenters. The van der Waals surface area contributed by atoms with Crippen molar-refractivity contribution in [1.29, 1.82) is 0 Å². The van der Waals surface area contributed by atoms with E-state index in [0.717, 1.165) is 59.8 Å². The van der Waals surface area contributed by atoms with Crippen molar-refractivity contribution in [2.45, 2.75) is 13.8 Å². The first-order valence-electron chi connectivity index (χ1n) is 9.89. The molecule has 5 heteroatoms. The van der Waals surface area contributed by atoms with Gasteiger partial charge in [-0.3, -0.25) is 4.79 Å². The molecule has 0 aliphatic carbocycles. The van der Waals surface area contributed by atoms with E-state index in [9.17, 15) is 4.79 Å². The molecule has 3 aromatic rings. The van der Waals surface area contributed by atoms with Crippen LogP contribution < -0.4 is 10.2 Å². The van der Waals surface area contributed by atoms with Crippen LogP contribution in [0.2, 0.25) is 0 Å². The molecule has 1 saturated heterocycles. The maximum absolute atomic E-state index is 12.6. The van der Waals surface area contributed by atoms with Crippen LogP contribution in [0.5, 0.6) is 0 Å². The fourth-order valence-electron chi connectivity index (χ4n) is 3.50. The minimum atomic E-state index is -0.108. The number of anilines is 2. The second-order valence-electron chi connectivity index (χ2n) is 7.32. The molecule has 5 nitrogen and oxygen atoms in total. The molecule has 1 aliphatic heterocycles. The maximum Gasteiger partial charge on any atom is 0.251 e. The maximum atomic E-state index is 12.6. The third kappa shape index (κ3) is 4.46. The van der Waals surface area contributed by atoms with Gasteiger partial charge in [0.25, 0.3) is 5.91 Å². The number of ether oxygens (including phenoxy) is 1. The second kappa shape index (κ2) is 8.45. The molecular weight excluding hydrogens is 362 g/mol. The Morgan fingerprint density at radius 1 is 1.10 bits per heavy atom. The van der Waals surface area contributed by atoms with Crippen LogP contribution in [0, 0.1) is 6.92 Å². The van der Waals surface area contributed by atoms with Crippen LogP contribution in [-0.4, -0.2) is 37.2 Å². The zero-order chi connectivity index (χ0) is 20.2. The Hall–Kier alpha value is -3.18. The number of pyridine rings is 1. The topological polar surface area (TPSA) is 54.5 Å². The molecule has 0 spiro atoms. The van der Waals surface area contributed by atoms with E-state index < -0.39 is 0 Å². The van der Waals surface area contributed by atoms with Gasteiger partial charge >= 0.3 is 0 Å². The number of rotatable bonds is 4. The number of nitrogens with zero attached hydrogens (tertiary/aromatic N) is 2. The van der Waals surface area contributed by atoms with Crippen molar-refractivity contribution in [3.05, 3.63) is 71.3 Å². The SMILES string of the molecule is CC(=Cc1ccccc1)C(=O)Nc1ccc2nc(N3CCOCC3)cc(C)c2c1. The molecule has 0 radical (unpaired) electrons. The average Bonchev–Trinajstić information content (AvgIpc) is 2.75. The fraction of sp³-hybridized carbons (Fsp3) is 0.250. The van der Waals surface area contributed by atoms with Crippen LogP contribution in [0.1, 0.15) is 18.1 Å². The molecule has 1 fully saturated rings. The summed E-state index contributed by atoms with van der Waals surface area (Å²) in [6, 6.07) is 17.8. The summed E-state index contributed by atoms with van der Waals surface area (Å²) in [6.07, 6.45) is 1.89. The number of fused-ring (bicyclic) bond motifs is 1. The molecular formula is C24H25N3O2. The summed E-state index contributed by atoms with van der Waals surface area (Å²) < 4.78 is 5.43. The lowest BCUT2D eigenvalue weighted by molar-refractivity contribution is -0.112. The van der Waals surface area contributed by atoms with Crippen LogP contribution in [-0.2, 0) is 9.53 Å². The monoisotopic (exact) mass is 387 g/mol. The molecule has 29 heavy (non-hydrogen) atoms. The van der Waals surface area contributed by atoms with Gasteiger partial charge in [0.15, 0.2) is 0 Å². The Balaban J connectivity index is 1.55. The highest BCUT2D eigenvalue weighted by Crippen LogP contribution is 2.26. The number of aromatic nitrogens is 1. The third-order valence-electron chi connectivity index (χ3n) is 5.14. The minimum Gasteiger partial charge on any atom is -0.378 e. The number of aryl methyl sites for hydroxylation is 1. The van der Waals surface area contributed by atoms with Gasteiger partial charge in [0.05, 0.1) is 18.7 Å². The van der Waals surface area contributed by atoms with Crippen LogP contribution in [0.3, 0.4) is 0 Å². The van der Waals surface area contributed by atoms with Gasteiger partial charge in [-0.05, 0) is 55.3 Å². The summed E-state index contributed by atoms with van der Waals surface area (Å²) in [7, 11) is 0. The van der Waals surface area contributed by atoms with E-state index >= 15 is 0 Å². The van der Waals surface area contributed by atoms with Gasteiger partial charge in [-0.2, -0.15) is 0 Å². The van der Waals surface area contributed by atoms with Crippen molar-refractivity contribution < 1.29 is 9.53 Å². The summed E-state index contributed by atoms with van der Waals surface area (Å²) in [5.74, 6) is 0.875. The Morgan fingerprint density at radius 3 is 2.62 bits per heavy atom. The lowest BCUT2D eigenvalue weighted by atomic mass is 10.1. The molecule has 1 aliphatic rings. The largest absolute Gasteiger partial charge is 0.378 e. The predicted molar refractivity (Wildman–Crippen MR) is 118 cm³/mol. The molecule has 1 N–H and O–H groups in total. The second-order valence-corrected chi connectivity index (χ2v) is 7.32. The highest BCUT2D eigenvalue weighted by molar-refractivity contribution is 6.07. The lowest BCUT2D eigenvalue weighted by Crippen LogP contribution is -2.36. The number of hydrogen-bond donors (Lipinski definition) is 1. The number of nitrogens with one attached hydrogen (secondary N) is 1. The predicted octanol–water partition coefficient (Wildman–Crippen LogP) is 4.42. The number of benzene rings is 2. The molecule has 0 atom stereocenters. The van der Waals surface area contributed by atoms with Crippen molar-refractivity contribution in [2.75, 3.05) is 36.5 Å². The van der Waals surface area contributed by atoms with Crippen LogP contribution >= 0.6 is 0 Å². The first kappa shape index (κ1) is 19.2. The van der Waals surface area contributed by atoms with Crippen LogP contribution in [0.25, 0.3) is 17.0 Å². The number of carbonyl (C=O) groups excluding carboxylic acids is 1. The van der Waals surface area contributed by atoms with Gasteiger partial charge in [0.1, 0.15) is 5.82 Å². The van der Waals surface area contributed by atoms with E-state index in [1.807, 2.05) is 61.5 Å². The molecule has 148 valence electrons. The van der Waals surface area contributed by atoms with E-state index in [0.29, 0.717) is 5.57 Å². The van der Waals surface area contributed by atoms with Gasteiger partial charge in [-0.15, -0.1) is 0 Å². The average molecular weight is 387 g/mol. The summed E-state index contributed by atoms with van der Waals surface area (Å²) in [5.41, 5.74) is 4.51. The smallest absolute Gasteiger partial charge is 0.251 e. The lowest BCUT2D eigenvalue weighted by Gasteiger charge is -2.28. The summed E-state index contributed by atoms with van der Waals surface area (Å²) in [4.78, 5) is 19.7. The summed E-state index contributed by atoms with van der Waals surface area (Å²) in [5, 5.41) is 4.04. The molecule has 0 saturated carbocycles. The first-order chi connectivity index (χ1) is 14.1. The molecule has 2 heterocycles. The summed E-state index contributed by atoms with van der Waals surface area (Å²) >= 11 is 0. The van der Waals surface area contributed by atoms with Gasteiger partial charge in [0.2, 0.25) is 0 Å². The number of hydrogen-bond acceptors (Lipinski definition) is 4. The Kier molecular flexibility index (Phi) is 5.58. The van der Waals surface area contributed by atoms with Crippen molar-refractivity contribution in [1.82, 2.24) is 4.98 Å². The number of amides is 1. The van der Waals surface area contributed by atoms with Crippen molar-refractivity contribution in [2.24, 2.45) is 0 Å². The van der Waals surface area contributed by atoms with Gasteiger partial charge < -0.3 is 15.0 Å². The van der Waals surface area contributed by atoms with Gasteiger partial charge in [0, 0.05) is 29.7 Å². The van der Waals surface area contributed by atoms with Crippen molar-refractivity contribution in [3.8, 4) is 0 Å².